The first-order valence-corrected chi connectivity index (χ1v) is 7.07. The molecule has 1 N–H and O–H groups in total. The molecule has 1 fully saturated rings. The smallest absolute Gasteiger partial charge is 0.263 e. The minimum atomic E-state index is -0.745. The Morgan fingerprint density at radius 2 is 1.90 bits per heavy atom. The molecule has 1 aliphatic rings. The monoisotopic (exact) mass is 277 g/mol. The van der Waals surface area contributed by atoms with Gasteiger partial charge in [-0.3, -0.25) is 4.79 Å². The van der Waals surface area contributed by atoms with Crippen molar-refractivity contribution in [2.75, 3.05) is 13.1 Å². The molecule has 0 radical (unpaired) electrons. The number of likely N-dealkylation sites (tertiary alicyclic amines) is 1. The Kier molecular flexibility index (Phi) is 4.04. The summed E-state index contributed by atoms with van der Waals surface area (Å²) in [6, 6.07) is 7.80. The van der Waals surface area contributed by atoms with E-state index >= 15 is 0 Å². The van der Waals surface area contributed by atoms with Crippen molar-refractivity contribution in [2.45, 2.75) is 45.3 Å². The minimum absolute atomic E-state index is 0.0740. The van der Waals surface area contributed by atoms with Gasteiger partial charge in [-0.15, -0.1) is 0 Å². The topological polar surface area (TPSA) is 49.8 Å². The third kappa shape index (κ3) is 3.12. The van der Waals surface area contributed by atoms with E-state index in [0.717, 1.165) is 11.3 Å². The highest BCUT2D eigenvalue weighted by Crippen LogP contribution is 2.28. The van der Waals surface area contributed by atoms with Crippen LogP contribution in [0.5, 0.6) is 5.75 Å². The molecule has 0 spiro atoms. The van der Waals surface area contributed by atoms with E-state index in [1.54, 1.807) is 18.7 Å². The Balaban J connectivity index is 2.01. The van der Waals surface area contributed by atoms with Crippen LogP contribution in [0.4, 0.5) is 0 Å². The van der Waals surface area contributed by atoms with Crippen molar-refractivity contribution >= 4 is 5.91 Å². The molecule has 0 saturated carbocycles. The van der Waals surface area contributed by atoms with Gasteiger partial charge in [0, 0.05) is 0 Å². The Hall–Kier alpha value is -1.55. The van der Waals surface area contributed by atoms with Crippen molar-refractivity contribution < 1.29 is 14.6 Å². The maximum Gasteiger partial charge on any atom is 0.263 e. The van der Waals surface area contributed by atoms with E-state index in [1.165, 1.54) is 0 Å². The molecule has 1 heterocycles. The third-order valence-electron chi connectivity index (χ3n) is 3.57. The number of para-hydroxylation sites is 1. The van der Waals surface area contributed by atoms with Gasteiger partial charge in [0.05, 0.1) is 18.7 Å². The van der Waals surface area contributed by atoms with Gasteiger partial charge in [-0.2, -0.15) is 0 Å². The Morgan fingerprint density at radius 3 is 2.45 bits per heavy atom. The SMILES string of the molecule is CC(Oc1ccccc1C(C)C)C(=O)N1CC(C)(O)C1. The first-order chi connectivity index (χ1) is 9.30. The molecule has 4 heteroatoms. The van der Waals surface area contributed by atoms with E-state index in [0.29, 0.717) is 19.0 Å². The maximum atomic E-state index is 12.2. The lowest BCUT2D eigenvalue weighted by atomic mass is 9.96. The first kappa shape index (κ1) is 14.9. The molecule has 110 valence electrons. The number of rotatable bonds is 4. The number of amides is 1. The summed E-state index contributed by atoms with van der Waals surface area (Å²) in [4.78, 5) is 13.8. The van der Waals surface area contributed by atoms with Gasteiger partial charge >= 0.3 is 0 Å². The van der Waals surface area contributed by atoms with Gasteiger partial charge < -0.3 is 14.7 Å². The van der Waals surface area contributed by atoms with Crippen LogP contribution in [-0.2, 0) is 4.79 Å². The maximum absolute atomic E-state index is 12.2. The lowest BCUT2D eigenvalue weighted by Gasteiger charge is -2.45. The molecule has 1 aromatic carbocycles. The minimum Gasteiger partial charge on any atom is -0.481 e. The standard InChI is InChI=1S/C16H23NO3/c1-11(2)13-7-5-6-8-14(13)20-12(3)15(18)17-9-16(4,19)10-17/h5-8,11-12,19H,9-10H2,1-4H3. The fraction of sp³-hybridized carbons (Fsp3) is 0.562. The van der Waals surface area contributed by atoms with Crippen molar-refractivity contribution in [3.05, 3.63) is 29.8 Å². The van der Waals surface area contributed by atoms with Gasteiger partial charge in [-0.1, -0.05) is 32.0 Å². The molecule has 1 unspecified atom stereocenters. The van der Waals surface area contributed by atoms with E-state index in [-0.39, 0.29) is 5.91 Å². The van der Waals surface area contributed by atoms with E-state index in [4.69, 9.17) is 4.74 Å². The summed E-state index contributed by atoms with van der Waals surface area (Å²) in [6.45, 7) is 8.45. The number of β-amino-alcohol motifs (C(OH)–C–C–N with tert-alkyl or cyclic N) is 1. The quantitative estimate of drug-likeness (QED) is 0.917. The number of aliphatic hydroxyl groups is 1. The second-order valence-electron chi connectivity index (χ2n) is 6.14. The lowest BCUT2D eigenvalue weighted by Crippen LogP contribution is -2.63. The largest absolute Gasteiger partial charge is 0.481 e. The normalized spacial score (nSPS) is 18.6. The van der Waals surface area contributed by atoms with Gasteiger partial charge in [-0.25, -0.2) is 0 Å². The number of ether oxygens (including phenoxy) is 1. The average molecular weight is 277 g/mol. The fourth-order valence-corrected chi connectivity index (χ4v) is 2.49. The predicted molar refractivity (Wildman–Crippen MR) is 77.8 cm³/mol. The third-order valence-corrected chi connectivity index (χ3v) is 3.57. The van der Waals surface area contributed by atoms with Gasteiger partial charge in [0.15, 0.2) is 6.10 Å². The van der Waals surface area contributed by atoms with E-state index in [1.807, 2.05) is 24.3 Å². The number of carbonyl (C=O) groups is 1. The van der Waals surface area contributed by atoms with Crippen LogP contribution >= 0.6 is 0 Å². The molecule has 0 aliphatic carbocycles. The van der Waals surface area contributed by atoms with Gasteiger partial charge in [0.1, 0.15) is 5.75 Å². The summed E-state index contributed by atoms with van der Waals surface area (Å²) in [5, 5.41) is 9.69. The zero-order valence-corrected chi connectivity index (χ0v) is 12.6. The molecular weight excluding hydrogens is 254 g/mol. The number of nitrogens with zero attached hydrogens (tertiary/aromatic N) is 1. The predicted octanol–water partition coefficient (Wildman–Crippen LogP) is 2.17. The molecular formula is C16H23NO3. The summed E-state index contributed by atoms with van der Waals surface area (Å²) < 4.78 is 5.82. The Morgan fingerprint density at radius 1 is 1.30 bits per heavy atom. The number of hydrogen-bond acceptors (Lipinski definition) is 3. The zero-order chi connectivity index (χ0) is 14.9. The summed E-state index contributed by atoms with van der Waals surface area (Å²) >= 11 is 0. The van der Waals surface area contributed by atoms with E-state index in [2.05, 4.69) is 13.8 Å². The molecule has 0 aromatic heterocycles. The van der Waals surface area contributed by atoms with Crippen LogP contribution in [-0.4, -0.2) is 40.7 Å². The van der Waals surface area contributed by atoms with Crippen LogP contribution in [0.25, 0.3) is 0 Å². The Labute approximate surface area is 120 Å². The number of benzene rings is 1. The molecule has 1 atom stereocenters. The molecule has 1 saturated heterocycles. The van der Waals surface area contributed by atoms with Crippen LogP contribution in [0.3, 0.4) is 0 Å². The van der Waals surface area contributed by atoms with Gasteiger partial charge in [0.25, 0.3) is 5.91 Å². The molecule has 1 aliphatic heterocycles. The van der Waals surface area contributed by atoms with Crippen molar-refractivity contribution in [3.8, 4) is 5.75 Å². The molecule has 0 bridgehead atoms. The summed E-state index contributed by atoms with van der Waals surface area (Å²) in [6.07, 6.45) is -0.536. The second-order valence-corrected chi connectivity index (χ2v) is 6.14. The van der Waals surface area contributed by atoms with Crippen molar-refractivity contribution in [1.82, 2.24) is 4.90 Å². The molecule has 4 nitrogen and oxygen atoms in total. The number of carbonyl (C=O) groups excluding carboxylic acids is 1. The van der Waals surface area contributed by atoms with Crippen LogP contribution in [0.15, 0.2) is 24.3 Å². The summed E-state index contributed by atoms with van der Waals surface area (Å²) in [5.74, 6) is 1.03. The van der Waals surface area contributed by atoms with E-state index < -0.39 is 11.7 Å². The van der Waals surface area contributed by atoms with Crippen LogP contribution in [0, 0.1) is 0 Å². The van der Waals surface area contributed by atoms with Crippen molar-refractivity contribution in [2.24, 2.45) is 0 Å². The van der Waals surface area contributed by atoms with Gasteiger partial charge in [0.2, 0.25) is 0 Å². The molecule has 1 amide bonds. The highest BCUT2D eigenvalue weighted by molar-refractivity contribution is 5.82. The van der Waals surface area contributed by atoms with Crippen molar-refractivity contribution in [3.63, 3.8) is 0 Å². The van der Waals surface area contributed by atoms with Crippen molar-refractivity contribution in [1.29, 1.82) is 0 Å². The van der Waals surface area contributed by atoms with Crippen LogP contribution < -0.4 is 4.74 Å². The van der Waals surface area contributed by atoms with Gasteiger partial charge in [-0.05, 0) is 31.4 Å². The number of hydrogen-bond donors (Lipinski definition) is 1. The Bertz CT molecular complexity index is 488. The zero-order valence-electron chi connectivity index (χ0n) is 12.6. The fourth-order valence-electron chi connectivity index (χ4n) is 2.49. The average Bonchev–Trinajstić information content (AvgIpc) is 2.35. The highest BCUT2D eigenvalue weighted by Gasteiger charge is 2.41. The molecule has 20 heavy (non-hydrogen) atoms. The van der Waals surface area contributed by atoms with E-state index in [9.17, 15) is 9.90 Å². The lowest BCUT2D eigenvalue weighted by molar-refractivity contribution is -0.158. The highest BCUT2D eigenvalue weighted by atomic mass is 16.5. The molecule has 2 rings (SSSR count). The first-order valence-electron chi connectivity index (χ1n) is 7.07. The van der Waals surface area contributed by atoms with Crippen LogP contribution in [0.2, 0.25) is 0 Å². The summed E-state index contributed by atoms with van der Waals surface area (Å²) in [5.41, 5.74) is 0.355. The molecule has 1 aromatic rings. The van der Waals surface area contributed by atoms with Crippen LogP contribution in [0.1, 0.15) is 39.2 Å². The summed E-state index contributed by atoms with van der Waals surface area (Å²) in [7, 11) is 0. The second kappa shape index (κ2) is 5.44.